The number of carbonyl (C=O) groups excluding carboxylic acids is 1. The number of hydrogen-bond donors (Lipinski definition) is 0. The minimum Gasteiger partial charge on any atom is -0.309 e. The van der Waals surface area contributed by atoms with Crippen molar-refractivity contribution in [1.82, 2.24) is 9.78 Å². The molecule has 0 bridgehead atoms. The van der Waals surface area contributed by atoms with E-state index in [9.17, 15) is 13.6 Å². The fourth-order valence-corrected chi connectivity index (χ4v) is 2.25. The van der Waals surface area contributed by atoms with E-state index < -0.39 is 17.5 Å². The zero-order chi connectivity index (χ0) is 16.4. The van der Waals surface area contributed by atoms with Crippen molar-refractivity contribution in [3.8, 4) is 5.69 Å². The first-order valence-corrected chi connectivity index (χ1v) is 6.89. The molecule has 1 aromatic heterocycles. The molecule has 0 N–H and O–H groups in total. The molecule has 2 aromatic carbocycles. The minimum absolute atomic E-state index is 0.112. The molecule has 0 fully saturated rings. The number of benzene rings is 2. The minimum atomic E-state index is -0.662. The van der Waals surface area contributed by atoms with Crippen LogP contribution >= 0.6 is 0 Å². The average molecular weight is 313 g/mol. The summed E-state index contributed by atoms with van der Waals surface area (Å²) in [4.78, 5) is 13.6. The summed E-state index contributed by atoms with van der Waals surface area (Å²) in [6, 6.07) is 11.5. The molecule has 0 aliphatic carbocycles. The van der Waals surface area contributed by atoms with Crippen molar-refractivity contribution in [3.63, 3.8) is 0 Å². The molecule has 116 valence electrons. The monoisotopic (exact) mass is 313 g/mol. The van der Waals surface area contributed by atoms with Gasteiger partial charge in [-0.2, -0.15) is 5.10 Å². The third kappa shape index (κ3) is 2.96. The second-order valence-corrected chi connectivity index (χ2v) is 4.96. The largest absolute Gasteiger partial charge is 0.309 e. The number of nitrogens with zero attached hydrogens (tertiary/aromatic N) is 3. The molecule has 6 heteroatoms. The zero-order valence-corrected chi connectivity index (χ0v) is 12.3. The van der Waals surface area contributed by atoms with Crippen molar-refractivity contribution in [1.29, 1.82) is 0 Å². The van der Waals surface area contributed by atoms with E-state index in [1.54, 1.807) is 47.4 Å². The average Bonchev–Trinajstić information content (AvgIpc) is 3.10. The fourth-order valence-electron chi connectivity index (χ4n) is 2.25. The Morgan fingerprint density at radius 1 is 1.13 bits per heavy atom. The van der Waals surface area contributed by atoms with Gasteiger partial charge in [0, 0.05) is 31.1 Å². The predicted molar refractivity (Wildman–Crippen MR) is 82.7 cm³/mol. The molecule has 23 heavy (non-hydrogen) atoms. The molecular formula is C17H13F2N3O. The van der Waals surface area contributed by atoms with Crippen molar-refractivity contribution >= 4 is 11.6 Å². The van der Waals surface area contributed by atoms with E-state index in [1.165, 1.54) is 7.05 Å². The number of halogens is 2. The molecule has 3 aromatic rings. The molecule has 0 unspecified atom stereocenters. The van der Waals surface area contributed by atoms with Crippen molar-refractivity contribution in [2.75, 3.05) is 11.9 Å². The smallest absolute Gasteiger partial charge is 0.258 e. The van der Waals surface area contributed by atoms with Crippen LogP contribution in [0.4, 0.5) is 14.5 Å². The van der Waals surface area contributed by atoms with E-state index in [2.05, 4.69) is 5.10 Å². The molecule has 4 nitrogen and oxygen atoms in total. The zero-order valence-electron chi connectivity index (χ0n) is 12.3. The summed E-state index contributed by atoms with van der Waals surface area (Å²) in [6.45, 7) is 0. The molecule has 0 spiro atoms. The van der Waals surface area contributed by atoms with Gasteiger partial charge in [0.15, 0.2) is 0 Å². The normalized spacial score (nSPS) is 10.6. The number of carbonyl (C=O) groups is 1. The number of aromatic nitrogens is 2. The Morgan fingerprint density at radius 3 is 2.70 bits per heavy atom. The lowest BCUT2D eigenvalue weighted by molar-refractivity contribution is 0.0992. The maximum Gasteiger partial charge on any atom is 0.258 e. The van der Waals surface area contributed by atoms with Gasteiger partial charge in [0.1, 0.15) is 11.6 Å². The molecule has 0 aliphatic rings. The highest BCUT2D eigenvalue weighted by atomic mass is 19.1. The number of rotatable bonds is 3. The Bertz CT molecular complexity index is 847. The van der Waals surface area contributed by atoms with Crippen LogP contribution in [0.3, 0.4) is 0 Å². The summed E-state index contributed by atoms with van der Waals surface area (Å²) in [6.07, 6.45) is 3.38. The van der Waals surface area contributed by atoms with Crippen LogP contribution < -0.4 is 4.90 Å². The van der Waals surface area contributed by atoms with Crippen LogP contribution in [0.15, 0.2) is 60.9 Å². The standard InChI is InChI=1S/C17H13F2N3O/c1-21(16-11-13(18)6-7-15(16)19)17(23)12-4-2-5-14(10-12)22-9-3-8-20-22/h2-11H,1H3. The Kier molecular flexibility index (Phi) is 3.89. The second-order valence-electron chi connectivity index (χ2n) is 4.96. The molecule has 0 saturated heterocycles. The van der Waals surface area contributed by atoms with Gasteiger partial charge in [-0.15, -0.1) is 0 Å². The van der Waals surface area contributed by atoms with E-state index in [0.29, 0.717) is 11.3 Å². The number of amides is 1. The third-order valence-electron chi connectivity index (χ3n) is 3.44. The van der Waals surface area contributed by atoms with E-state index in [4.69, 9.17) is 0 Å². The Labute approximate surface area is 131 Å². The van der Waals surface area contributed by atoms with Crippen molar-refractivity contribution in [2.24, 2.45) is 0 Å². The topological polar surface area (TPSA) is 38.1 Å². The highest BCUT2D eigenvalue weighted by Crippen LogP contribution is 2.21. The van der Waals surface area contributed by atoms with E-state index in [0.717, 1.165) is 23.1 Å². The van der Waals surface area contributed by atoms with Gasteiger partial charge < -0.3 is 4.90 Å². The summed E-state index contributed by atoms with van der Waals surface area (Å²) in [5, 5.41) is 4.10. The number of anilines is 1. The quantitative estimate of drug-likeness (QED) is 0.743. The van der Waals surface area contributed by atoms with Crippen LogP contribution in [0.5, 0.6) is 0 Å². The Morgan fingerprint density at radius 2 is 1.96 bits per heavy atom. The van der Waals surface area contributed by atoms with Crippen LogP contribution in [0.25, 0.3) is 5.69 Å². The molecule has 0 atom stereocenters. The molecule has 0 aliphatic heterocycles. The predicted octanol–water partition coefficient (Wildman–Crippen LogP) is 3.43. The molecule has 1 amide bonds. The molecular weight excluding hydrogens is 300 g/mol. The summed E-state index contributed by atoms with van der Waals surface area (Å²) in [5.74, 6) is -1.71. The van der Waals surface area contributed by atoms with Crippen LogP contribution in [0.1, 0.15) is 10.4 Å². The van der Waals surface area contributed by atoms with Crippen LogP contribution in [0, 0.1) is 11.6 Å². The first kappa shape index (κ1) is 14.9. The SMILES string of the molecule is CN(C(=O)c1cccc(-n2cccn2)c1)c1cc(F)ccc1F. The van der Waals surface area contributed by atoms with E-state index in [-0.39, 0.29) is 5.69 Å². The lowest BCUT2D eigenvalue weighted by Crippen LogP contribution is -2.27. The molecule has 0 saturated carbocycles. The van der Waals surface area contributed by atoms with Crippen LogP contribution in [-0.4, -0.2) is 22.7 Å². The van der Waals surface area contributed by atoms with Gasteiger partial charge in [-0.1, -0.05) is 6.07 Å². The molecule has 3 rings (SSSR count). The van der Waals surface area contributed by atoms with Crippen LogP contribution in [-0.2, 0) is 0 Å². The Hall–Kier alpha value is -3.02. The summed E-state index contributed by atoms with van der Waals surface area (Å²) in [7, 11) is 1.40. The fraction of sp³-hybridized carbons (Fsp3) is 0.0588. The van der Waals surface area contributed by atoms with Crippen molar-refractivity contribution in [2.45, 2.75) is 0 Å². The highest BCUT2D eigenvalue weighted by molar-refractivity contribution is 6.06. The first-order valence-electron chi connectivity index (χ1n) is 6.89. The van der Waals surface area contributed by atoms with Gasteiger partial charge >= 0.3 is 0 Å². The maximum atomic E-state index is 13.8. The molecule has 1 heterocycles. The van der Waals surface area contributed by atoms with Crippen molar-refractivity contribution < 1.29 is 13.6 Å². The lowest BCUT2D eigenvalue weighted by Gasteiger charge is -2.18. The Balaban J connectivity index is 1.94. The van der Waals surface area contributed by atoms with Crippen LogP contribution in [0.2, 0.25) is 0 Å². The van der Waals surface area contributed by atoms with Gasteiger partial charge in [-0.05, 0) is 36.4 Å². The van der Waals surface area contributed by atoms with Gasteiger partial charge in [-0.25, -0.2) is 13.5 Å². The number of hydrogen-bond acceptors (Lipinski definition) is 2. The van der Waals surface area contributed by atoms with Gasteiger partial charge in [-0.3, -0.25) is 4.79 Å². The molecule has 0 radical (unpaired) electrons. The lowest BCUT2D eigenvalue weighted by atomic mass is 10.1. The second kappa shape index (κ2) is 6.00. The summed E-state index contributed by atoms with van der Waals surface area (Å²) in [5.41, 5.74) is 0.942. The highest BCUT2D eigenvalue weighted by Gasteiger charge is 2.18. The van der Waals surface area contributed by atoms with Gasteiger partial charge in [0.25, 0.3) is 5.91 Å². The van der Waals surface area contributed by atoms with E-state index >= 15 is 0 Å². The summed E-state index contributed by atoms with van der Waals surface area (Å²) >= 11 is 0. The van der Waals surface area contributed by atoms with Crippen molar-refractivity contribution in [3.05, 3.63) is 78.1 Å². The maximum absolute atomic E-state index is 13.8. The summed E-state index contributed by atoms with van der Waals surface area (Å²) < 4.78 is 28.7. The van der Waals surface area contributed by atoms with E-state index in [1.807, 2.05) is 0 Å². The van der Waals surface area contributed by atoms with Gasteiger partial charge in [0.05, 0.1) is 11.4 Å². The van der Waals surface area contributed by atoms with Gasteiger partial charge in [0.2, 0.25) is 0 Å². The first-order chi connectivity index (χ1) is 11.1. The third-order valence-corrected chi connectivity index (χ3v) is 3.44.